The Morgan fingerprint density at radius 3 is 2.50 bits per heavy atom. The standard InChI is InChI=1S/C20H17Cl2N3O2S/c1-2-12-3-6-14(7-4-12)23-20(28)25-24-19(26)18-10-9-17(27-18)15-11-13(21)5-8-16(15)22/h3-11H,2H2,1H3,(H,24,26)(H2,23,25,28). The van der Waals surface area contributed by atoms with Gasteiger partial charge in [-0.15, -0.1) is 0 Å². The van der Waals surface area contributed by atoms with Crippen LogP contribution in [0.1, 0.15) is 23.0 Å². The molecule has 0 atom stereocenters. The van der Waals surface area contributed by atoms with Gasteiger partial charge in [-0.3, -0.25) is 15.6 Å². The number of benzene rings is 2. The summed E-state index contributed by atoms with van der Waals surface area (Å²) in [6.07, 6.45) is 0.963. The lowest BCUT2D eigenvalue weighted by atomic mass is 10.1. The van der Waals surface area contributed by atoms with E-state index in [1.54, 1.807) is 30.3 Å². The van der Waals surface area contributed by atoms with Crippen LogP contribution >= 0.6 is 35.4 Å². The minimum atomic E-state index is -0.477. The third kappa shape index (κ3) is 5.04. The predicted molar refractivity (Wildman–Crippen MR) is 117 cm³/mol. The number of aryl methyl sites for hydroxylation is 1. The molecular formula is C20H17Cl2N3O2S. The molecule has 5 nitrogen and oxygen atoms in total. The zero-order chi connectivity index (χ0) is 20.1. The lowest BCUT2D eigenvalue weighted by Gasteiger charge is -2.11. The van der Waals surface area contributed by atoms with Gasteiger partial charge < -0.3 is 9.73 Å². The summed E-state index contributed by atoms with van der Waals surface area (Å²) < 4.78 is 5.58. The molecule has 0 aliphatic carbocycles. The third-order valence-electron chi connectivity index (χ3n) is 3.93. The molecular weight excluding hydrogens is 417 g/mol. The zero-order valence-electron chi connectivity index (χ0n) is 14.9. The molecule has 1 aromatic heterocycles. The molecule has 3 rings (SSSR count). The van der Waals surface area contributed by atoms with Crippen molar-refractivity contribution in [1.29, 1.82) is 0 Å². The van der Waals surface area contributed by atoms with Gasteiger partial charge in [0.1, 0.15) is 5.76 Å². The van der Waals surface area contributed by atoms with E-state index < -0.39 is 5.91 Å². The first-order chi connectivity index (χ1) is 13.5. The quantitative estimate of drug-likeness (QED) is 0.377. The highest BCUT2D eigenvalue weighted by Gasteiger charge is 2.14. The first kappa shape index (κ1) is 20.2. The van der Waals surface area contributed by atoms with Crippen LogP contribution in [0.25, 0.3) is 11.3 Å². The highest BCUT2D eigenvalue weighted by atomic mass is 35.5. The molecule has 28 heavy (non-hydrogen) atoms. The van der Waals surface area contributed by atoms with Crippen molar-refractivity contribution < 1.29 is 9.21 Å². The van der Waals surface area contributed by atoms with Crippen molar-refractivity contribution in [3.05, 3.63) is 76.0 Å². The van der Waals surface area contributed by atoms with Gasteiger partial charge in [0.05, 0.1) is 5.02 Å². The molecule has 0 unspecified atom stereocenters. The largest absolute Gasteiger partial charge is 0.451 e. The molecule has 0 bridgehead atoms. The molecule has 3 N–H and O–H groups in total. The molecule has 0 aliphatic heterocycles. The Labute approximate surface area is 178 Å². The second kappa shape index (κ2) is 9.10. The Morgan fingerprint density at radius 1 is 1.04 bits per heavy atom. The first-order valence-electron chi connectivity index (χ1n) is 8.48. The van der Waals surface area contributed by atoms with E-state index in [0.29, 0.717) is 21.4 Å². The second-order valence-electron chi connectivity index (χ2n) is 5.87. The summed E-state index contributed by atoms with van der Waals surface area (Å²) >= 11 is 17.3. The van der Waals surface area contributed by atoms with E-state index in [-0.39, 0.29) is 10.9 Å². The van der Waals surface area contributed by atoms with Crippen LogP contribution in [-0.2, 0) is 6.42 Å². The summed E-state index contributed by atoms with van der Waals surface area (Å²) in [6, 6.07) is 16.1. The fraction of sp³-hybridized carbons (Fsp3) is 0.100. The van der Waals surface area contributed by atoms with Crippen LogP contribution in [0.15, 0.2) is 59.0 Å². The molecule has 1 heterocycles. The normalized spacial score (nSPS) is 10.4. The summed E-state index contributed by atoms with van der Waals surface area (Å²) in [5.74, 6) is 0.0675. The monoisotopic (exact) mass is 433 g/mol. The van der Waals surface area contributed by atoms with E-state index in [1.165, 1.54) is 5.56 Å². The SMILES string of the molecule is CCc1ccc(NC(=S)NNC(=O)c2ccc(-c3cc(Cl)ccc3Cl)o2)cc1. The average molecular weight is 434 g/mol. The number of furan rings is 1. The highest BCUT2D eigenvalue weighted by molar-refractivity contribution is 7.80. The summed E-state index contributed by atoms with van der Waals surface area (Å²) in [4.78, 5) is 12.3. The fourth-order valence-corrected chi connectivity index (χ4v) is 3.00. The van der Waals surface area contributed by atoms with Gasteiger partial charge in [-0.1, -0.05) is 42.3 Å². The van der Waals surface area contributed by atoms with Gasteiger partial charge in [0.2, 0.25) is 0 Å². The summed E-state index contributed by atoms with van der Waals surface area (Å²) in [5.41, 5.74) is 7.78. The molecule has 0 saturated heterocycles. The Kier molecular flexibility index (Phi) is 6.57. The lowest BCUT2D eigenvalue weighted by Crippen LogP contribution is -2.43. The van der Waals surface area contributed by atoms with Crippen molar-refractivity contribution >= 4 is 52.1 Å². The third-order valence-corrected chi connectivity index (χ3v) is 4.70. The Balaban J connectivity index is 1.58. The Bertz CT molecular complexity index is 1000. The number of halogens is 2. The number of rotatable bonds is 4. The number of amides is 1. The molecule has 8 heteroatoms. The lowest BCUT2D eigenvalue weighted by molar-refractivity contribution is 0.0917. The van der Waals surface area contributed by atoms with Gasteiger partial charge in [0, 0.05) is 16.3 Å². The Hall–Kier alpha value is -2.54. The van der Waals surface area contributed by atoms with Gasteiger partial charge in [-0.05, 0) is 66.7 Å². The van der Waals surface area contributed by atoms with Gasteiger partial charge in [-0.2, -0.15) is 0 Å². The minimum Gasteiger partial charge on any atom is -0.451 e. The smallest absolute Gasteiger partial charge is 0.305 e. The van der Waals surface area contributed by atoms with E-state index in [4.69, 9.17) is 39.8 Å². The fourth-order valence-electron chi connectivity index (χ4n) is 2.45. The van der Waals surface area contributed by atoms with Gasteiger partial charge in [0.15, 0.2) is 10.9 Å². The molecule has 0 radical (unpaired) electrons. The van der Waals surface area contributed by atoms with E-state index in [1.807, 2.05) is 24.3 Å². The first-order valence-corrected chi connectivity index (χ1v) is 9.64. The van der Waals surface area contributed by atoms with Gasteiger partial charge in [0.25, 0.3) is 0 Å². The van der Waals surface area contributed by atoms with Crippen LogP contribution in [0.3, 0.4) is 0 Å². The van der Waals surface area contributed by atoms with Gasteiger partial charge >= 0.3 is 5.91 Å². The Morgan fingerprint density at radius 2 is 1.79 bits per heavy atom. The van der Waals surface area contributed by atoms with Crippen molar-refractivity contribution in [3.8, 4) is 11.3 Å². The van der Waals surface area contributed by atoms with Crippen LogP contribution < -0.4 is 16.2 Å². The van der Waals surface area contributed by atoms with E-state index >= 15 is 0 Å². The van der Waals surface area contributed by atoms with E-state index in [2.05, 4.69) is 23.1 Å². The molecule has 3 aromatic rings. The highest BCUT2D eigenvalue weighted by Crippen LogP contribution is 2.31. The van der Waals surface area contributed by atoms with Crippen molar-refractivity contribution in [1.82, 2.24) is 10.9 Å². The number of anilines is 1. The molecule has 144 valence electrons. The number of carbonyl (C=O) groups is 1. The predicted octanol–water partition coefficient (Wildman–Crippen LogP) is 5.45. The average Bonchev–Trinajstić information content (AvgIpc) is 3.18. The zero-order valence-corrected chi connectivity index (χ0v) is 17.2. The van der Waals surface area contributed by atoms with Crippen molar-refractivity contribution in [3.63, 3.8) is 0 Å². The molecule has 0 spiro atoms. The number of hydrogen-bond donors (Lipinski definition) is 3. The molecule has 0 aliphatic rings. The summed E-state index contributed by atoms with van der Waals surface area (Å²) in [5, 5.41) is 4.24. The maximum absolute atomic E-state index is 12.3. The number of carbonyl (C=O) groups excluding carboxylic acids is 1. The van der Waals surface area contributed by atoms with Crippen LogP contribution in [0.4, 0.5) is 5.69 Å². The van der Waals surface area contributed by atoms with Crippen LogP contribution in [0.2, 0.25) is 10.0 Å². The summed E-state index contributed by atoms with van der Waals surface area (Å²) in [6.45, 7) is 2.09. The van der Waals surface area contributed by atoms with Crippen molar-refractivity contribution in [2.45, 2.75) is 13.3 Å². The number of hydrogen-bond acceptors (Lipinski definition) is 3. The number of thiocarbonyl (C=S) groups is 1. The van der Waals surface area contributed by atoms with Crippen molar-refractivity contribution in [2.24, 2.45) is 0 Å². The molecule has 0 fully saturated rings. The van der Waals surface area contributed by atoms with Crippen LogP contribution in [0, 0.1) is 0 Å². The molecule has 0 saturated carbocycles. The summed E-state index contributed by atoms with van der Waals surface area (Å²) in [7, 11) is 0. The maximum Gasteiger partial charge on any atom is 0.305 e. The maximum atomic E-state index is 12.3. The number of hydrazine groups is 1. The van der Waals surface area contributed by atoms with E-state index in [9.17, 15) is 4.79 Å². The van der Waals surface area contributed by atoms with E-state index in [0.717, 1.165) is 12.1 Å². The van der Waals surface area contributed by atoms with Crippen LogP contribution in [-0.4, -0.2) is 11.0 Å². The molecule has 1 amide bonds. The number of nitrogens with one attached hydrogen (secondary N) is 3. The van der Waals surface area contributed by atoms with Gasteiger partial charge in [-0.25, -0.2) is 0 Å². The van der Waals surface area contributed by atoms with Crippen molar-refractivity contribution in [2.75, 3.05) is 5.32 Å². The topological polar surface area (TPSA) is 66.3 Å². The van der Waals surface area contributed by atoms with Crippen LogP contribution in [0.5, 0.6) is 0 Å². The molecule has 2 aromatic carbocycles. The minimum absolute atomic E-state index is 0.105. The second-order valence-corrected chi connectivity index (χ2v) is 7.12.